The Hall–Kier alpha value is -2.90. The highest BCUT2D eigenvalue weighted by atomic mass is 16.2. The average Bonchev–Trinajstić information content (AvgIpc) is 3.39. The second-order valence-corrected chi connectivity index (χ2v) is 10.6. The monoisotopic (exact) mass is 484 g/mol. The van der Waals surface area contributed by atoms with Gasteiger partial charge in [0.05, 0.1) is 12.6 Å². The second kappa shape index (κ2) is 11.2. The molecule has 0 radical (unpaired) electrons. The number of ketones is 1. The summed E-state index contributed by atoms with van der Waals surface area (Å²) < 4.78 is 0. The van der Waals surface area contributed by atoms with Gasteiger partial charge in [0.1, 0.15) is 12.1 Å². The van der Waals surface area contributed by atoms with Crippen molar-refractivity contribution < 1.29 is 19.2 Å². The third-order valence-electron chi connectivity index (χ3n) is 7.20. The molecule has 2 saturated heterocycles. The van der Waals surface area contributed by atoms with Crippen LogP contribution in [0.25, 0.3) is 0 Å². The lowest BCUT2D eigenvalue weighted by molar-refractivity contribution is -0.138. The van der Waals surface area contributed by atoms with Crippen molar-refractivity contribution in [3.63, 3.8) is 0 Å². The SMILES string of the molecule is CCC(C)CC(=O)N1CC(=O)C2C1CCN2C(=O)C(CC(C)C)NC(=O)c1ccc(N(C)C)cc1. The minimum Gasteiger partial charge on any atom is -0.378 e. The normalized spacial score (nSPS) is 21.2. The van der Waals surface area contributed by atoms with Crippen LogP contribution < -0.4 is 10.2 Å². The van der Waals surface area contributed by atoms with Crippen molar-refractivity contribution in [2.75, 3.05) is 32.1 Å². The molecular formula is C27H40N4O4. The van der Waals surface area contributed by atoms with Gasteiger partial charge in [0, 0.05) is 38.3 Å². The Bertz CT molecular complexity index is 943. The molecule has 4 unspecified atom stereocenters. The molecule has 8 nitrogen and oxygen atoms in total. The maximum Gasteiger partial charge on any atom is 0.251 e. The summed E-state index contributed by atoms with van der Waals surface area (Å²) in [5, 5.41) is 2.92. The zero-order valence-corrected chi connectivity index (χ0v) is 21.9. The number of carbonyl (C=O) groups is 4. The van der Waals surface area contributed by atoms with Crippen LogP contribution in [0.4, 0.5) is 5.69 Å². The van der Waals surface area contributed by atoms with E-state index in [0.29, 0.717) is 31.4 Å². The van der Waals surface area contributed by atoms with Gasteiger partial charge in [0.2, 0.25) is 11.8 Å². The first-order valence-corrected chi connectivity index (χ1v) is 12.7. The van der Waals surface area contributed by atoms with Gasteiger partial charge >= 0.3 is 0 Å². The Kier molecular flexibility index (Phi) is 8.56. The largest absolute Gasteiger partial charge is 0.378 e. The molecule has 1 aromatic carbocycles. The van der Waals surface area contributed by atoms with Crippen molar-refractivity contribution in [3.05, 3.63) is 29.8 Å². The minimum atomic E-state index is -0.729. The molecule has 0 bridgehead atoms. The number of benzene rings is 1. The molecule has 3 amide bonds. The molecule has 8 heteroatoms. The number of anilines is 1. The van der Waals surface area contributed by atoms with Crippen molar-refractivity contribution >= 4 is 29.2 Å². The first kappa shape index (κ1) is 26.7. The highest BCUT2D eigenvalue weighted by Crippen LogP contribution is 2.31. The molecule has 0 spiro atoms. The molecule has 0 aliphatic carbocycles. The summed E-state index contributed by atoms with van der Waals surface area (Å²) in [5.74, 6) is -0.225. The van der Waals surface area contributed by atoms with Gasteiger partial charge in [-0.2, -0.15) is 0 Å². The van der Waals surface area contributed by atoms with Crippen LogP contribution in [-0.4, -0.2) is 78.6 Å². The van der Waals surface area contributed by atoms with E-state index in [4.69, 9.17) is 0 Å². The van der Waals surface area contributed by atoms with E-state index in [1.165, 1.54) is 0 Å². The van der Waals surface area contributed by atoms with E-state index >= 15 is 0 Å². The Morgan fingerprint density at radius 2 is 1.74 bits per heavy atom. The summed E-state index contributed by atoms with van der Waals surface area (Å²) >= 11 is 0. The van der Waals surface area contributed by atoms with Crippen molar-refractivity contribution in [2.24, 2.45) is 11.8 Å². The van der Waals surface area contributed by atoms with Gasteiger partial charge in [0.15, 0.2) is 5.78 Å². The molecule has 192 valence electrons. The van der Waals surface area contributed by atoms with Gasteiger partial charge in [-0.3, -0.25) is 19.2 Å². The zero-order chi connectivity index (χ0) is 25.9. The third kappa shape index (κ3) is 6.03. The lowest BCUT2D eigenvalue weighted by Gasteiger charge is -2.29. The Balaban J connectivity index is 1.73. The van der Waals surface area contributed by atoms with Crippen molar-refractivity contribution in [1.82, 2.24) is 15.1 Å². The summed E-state index contributed by atoms with van der Waals surface area (Å²) in [6.07, 6.45) is 2.38. The van der Waals surface area contributed by atoms with Crippen LogP contribution in [0, 0.1) is 11.8 Å². The first-order valence-electron chi connectivity index (χ1n) is 12.7. The fourth-order valence-electron chi connectivity index (χ4n) is 5.00. The van der Waals surface area contributed by atoms with Crippen LogP contribution in [0.5, 0.6) is 0 Å². The number of fused-ring (bicyclic) bond motifs is 1. The summed E-state index contributed by atoms with van der Waals surface area (Å²) in [7, 11) is 3.86. The van der Waals surface area contributed by atoms with Gasteiger partial charge in [-0.1, -0.05) is 34.1 Å². The standard InChI is InChI=1S/C27H40N4O4/c1-7-18(4)15-24(33)31-16-23(32)25-22(31)12-13-30(25)27(35)21(14-17(2)3)28-26(34)19-8-10-20(11-9-19)29(5)6/h8-11,17-18,21-22,25H,7,12-16H2,1-6H3,(H,28,34). The Morgan fingerprint density at radius 1 is 1.09 bits per heavy atom. The summed E-state index contributed by atoms with van der Waals surface area (Å²) in [5.41, 5.74) is 1.46. The molecule has 0 aromatic heterocycles. The predicted octanol–water partition coefficient (Wildman–Crippen LogP) is 2.71. The number of rotatable bonds is 9. The van der Waals surface area contributed by atoms with Gasteiger partial charge < -0.3 is 20.0 Å². The zero-order valence-electron chi connectivity index (χ0n) is 21.9. The molecule has 4 atom stereocenters. The van der Waals surface area contributed by atoms with E-state index in [9.17, 15) is 19.2 Å². The van der Waals surface area contributed by atoms with E-state index in [-0.39, 0.29) is 47.9 Å². The molecule has 1 N–H and O–H groups in total. The molecule has 3 rings (SSSR count). The highest BCUT2D eigenvalue weighted by molar-refractivity contribution is 6.01. The summed E-state index contributed by atoms with van der Waals surface area (Å²) in [6, 6.07) is 5.60. The van der Waals surface area contributed by atoms with Crippen LogP contribution in [0.3, 0.4) is 0 Å². The number of Topliss-reactive ketones (excluding diaryl/α,β-unsaturated/α-hetero) is 1. The van der Waals surface area contributed by atoms with Gasteiger partial charge in [-0.05, 0) is 48.9 Å². The minimum absolute atomic E-state index is 0.0114. The maximum atomic E-state index is 13.6. The van der Waals surface area contributed by atoms with Crippen molar-refractivity contribution in [3.8, 4) is 0 Å². The average molecular weight is 485 g/mol. The molecule has 1 aromatic rings. The number of nitrogens with zero attached hydrogens (tertiary/aromatic N) is 3. The third-order valence-corrected chi connectivity index (χ3v) is 7.20. The van der Waals surface area contributed by atoms with Crippen LogP contribution >= 0.6 is 0 Å². The van der Waals surface area contributed by atoms with E-state index in [2.05, 4.69) is 5.32 Å². The number of likely N-dealkylation sites (tertiary alicyclic amines) is 2. The fraction of sp³-hybridized carbons (Fsp3) is 0.630. The molecular weight excluding hydrogens is 444 g/mol. The fourth-order valence-corrected chi connectivity index (χ4v) is 5.00. The number of hydrogen-bond acceptors (Lipinski definition) is 5. The van der Waals surface area contributed by atoms with Crippen molar-refractivity contribution in [1.29, 1.82) is 0 Å². The molecule has 2 heterocycles. The summed E-state index contributed by atoms with van der Waals surface area (Å²) in [4.78, 5) is 57.6. The topological polar surface area (TPSA) is 90.0 Å². The second-order valence-electron chi connectivity index (χ2n) is 10.6. The number of hydrogen-bond donors (Lipinski definition) is 1. The lowest BCUT2D eigenvalue weighted by atomic mass is 10.0. The smallest absolute Gasteiger partial charge is 0.251 e. The summed E-state index contributed by atoms with van der Waals surface area (Å²) in [6.45, 7) is 8.56. The molecule has 2 aliphatic rings. The van der Waals surface area contributed by atoms with Crippen LogP contribution in [0.1, 0.15) is 63.7 Å². The molecule has 2 aliphatic heterocycles. The molecule has 2 fully saturated rings. The van der Waals surface area contributed by atoms with E-state index in [1.807, 2.05) is 58.8 Å². The van der Waals surface area contributed by atoms with Gasteiger partial charge in [0.25, 0.3) is 5.91 Å². The Labute approximate surface area is 209 Å². The van der Waals surface area contributed by atoms with E-state index < -0.39 is 12.1 Å². The van der Waals surface area contributed by atoms with Gasteiger partial charge in [-0.25, -0.2) is 0 Å². The van der Waals surface area contributed by atoms with Crippen LogP contribution in [-0.2, 0) is 14.4 Å². The predicted molar refractivity (Wildman–Crippen MR) is 136 cm³/mol. The number of carbonyl (C=O) groups excluding carboxylic acids is 4. The molecule has 35 heavy (non-hydrogen) atoms. The maximum absolute atomic E-state index is 13.6. The molecule has 0 saturated carbocycles. The van der Waals surface area contributed by atoms with E-state index in [0.717, 1.165) is 12.1 Å². The quantitative estimate of drug-likeness (QED) is 0.582. The lowest BCUT2D eigenvalue weighted by Crippen LogP contribution is -2.53. The van der Waals surface area contributed by atoms with Crippen molar-refractivity contribution in [2.45, 2.75) is 71.5 Å². The van der Waals surface area contributed by atoms with E-state index in [1.54, 1.807) is 21.9 Å². The highest BCUT2D eigenvalue weighted by Gasteiger charge is 2.52. The van der Waals surface area contributed by atoms with Crippen LogP contribution in [0.15, 0.2) is 24.3 Å². The number of nitrogens with one attached hydrogen (secondary N) is 1. The number of amides is 3. The Morgan fingerprint density at radius 3 is 2.31 bits per heavy atom. The van der Waals surface area contributed by atoms with Gasteiger partial charge in [-0.15, -0.1) is 0 Å². The van der Waals surface area contributed by atoms with Crippen LogP contribution in [0.2, 0.25) is 0 Å². The first-order chi connectivity index (χ1) is 16.5.